The van der Waals surface area contributed by atoms with E-state index in [1.54, 1.807) is 6.33 Å². The molecule has 9 heteroatoms. The predicted molar refractivity (Wildman–Crippen MR) is 130 cm³/mol. The fraction of sp³-hybridized carbons (Fsp3) is 0.714. The van der Waals surface area contributed by atoms with Gasteiger partial charge < -0.3 is 15.1 Å². The van der Waals surface area contributed by atoms with Crippen molar-refractivity contribution in [3.63, 3.8) is 0 Å². The summed E-state index contributed by atoms with van der Waals surface area (Å²) in [5.74, 6) is 4.37. The molecule has 0 bridgehead atoms. The third-order valence-corrected chi connectivity index (χ3v) is 7.05. The number of anilines is 1. The second kappa shape index (κ2) is 9.65. The van der Waals surface area contributed by atoms with Crippen LogP contribution in [0.4, 0.5) is 5.82 Å². The smallest absolute Gasteiger partial charge is 0.203 e. The average Bonchev–Trinajstić information content (AvgIpc) is 3.41. The Hall–Kier alpha value is -1.65. The number of fused-ring (bicyclic) bond motifs is 2. The van der Waals surface area contributed by atoms with Crippen LogP contribution in [0.5, 0.6) is 0 Å². The highest BCUT2D eigenvalue weighted by molar-refractivity contribution is 14.0. The molecule has 0 spiro atoms. The standard InChI is InChI=1S/C21H32N8.HI/c1-22-21(29-13-17-6-2-3-7-18(17)14-29)24-11-16-5-4-9-27(12-16)19-20-26-25-15-28(20)10-8-23-19;/h8,10,15-18H,2-7,9,11-14H2,1H3,(H,22,24);1H. The van der Waals surface area contributed by atoms with Crippen LogP contribution >= 0.6 is 24.0 Å². The van der Waals surface area contributed by atoms with Crippen molar-refractivity contribution in [3.05, 3.63) is 18.7 Å². The number of guanidine groups is 1. The molecule has 1 saturated carbocycles. The predicted octanol–water partition coefficient (Wildman–Crippen LogP) is 2.66. The van der Waals surface area contributed by atoms with Crippen molar-refractivity contribution < 1.29 is 0 Å². The largest absolute Gasteiger partial charge is 0.356 e. The molecule has 1 N–H and O–H groups in total. The van der Waals surface area contributed by atoms with Crippen molar-refractivity contribution in [1.82, 2.24) is 29.8 Å². The van der Waals surface area contributed by atoms with Crippen LogP contribution in [0.3, 0.4) is 0 Å². The lowest BCUT2D eigenvalue weighted by atomic mass is 9.82. The first kappa shape index (κ1) is 21.6. The maximum Gasteiger partial charge on any atom is 0.203 e. The Balaban J connectivity index is 0.00000218. The Bertz CT molecular complexity index is 854. The number of likely N-dealkylation sites (tertiary alicyclic amines) is 1. The minimum atomic E-state index is 0. The van der Waals surface area contributed by atoms with Crippen molar-refractivity contribution in [2.45, 2.75) is 38.5 Å². The maximum atomic E-state index is 4.61. The van der Waals surface area contributed by atoms with E-state index in [1.807, 2.05) is 23.8 Å². The van der Waals surface area contributed by atoms with Crippen LogP contribution in [0.2, 0.25) is 0 Å². The molecule has 4 heterocycles. The monoisotopic (exact) mass is 524 g/mol. The summed E-state index contributed by atoms with van der Waals surface area (Å²) in [6, 6.07) is 0. The zero-order chi connectivity index (χ0) is 19.6. The van der Waals surface area contributed by atoms with E-state index < -0.39 is 0 Å². The maximum absolute atomic E-state index is 4.61. The molecule has 0 aromatic carbocycles. The molecule has 8 nitrogen and oxygen atoms in total. The lowest BCUT2D eigenvalue weighted by molar-refractivity contribution is 0.299. The Morgan fingerprint density at radius 3 is 2.70 bits per heavy atom. The topological polar surface area (TPSA) is 74.0 Å². The van der Waals surface area contributed by atoms with E-state index in [2.05, 4.69) is 35.3 Å². The number of nitrogens with zero attached hydrogens (tertiary/aromatic N) is 7. The second-order valence-corrected chi connectivity index (χ2v) is 8.90. The van der Waals surface area contributed by atoms with Crippen molar-refractivity contribution in [3.8, 4) is 0 Å². The minimum absolute atomic E-state index is 0. The average molecular weight is 524 g/mol. The molecule has 2 aromatic rings. The summed E-state index contributed by atoms with van der Waals surface area (Å²) in [6.07, 6.45) is 13.5. The van der Waals surface area contributed by atoms with Crippen LogP contribution in [-0.2, 0) is 0 Å². The molecular formula is C21H33IN8. The van der Waals surface area contributed by atoms with Crippen LogP contribution < -0.4 is 10.2 Å². The van der Waals surface area contributed by atoms with Crippen molar-refractivity contribution in [1.29, 1.82) is 0 Å². The first-order valence-electron chi connectivity index (χ1n) is 11.2. The Morgan fingerprint density at radius 2 is 1.93 bits per heavy atom. The fourth-order valence-electron chi connectivity index (χ4n) is 5.54. The van der Waals surface area contributed by atoms with E-state index in [0.29, 0.717) is 5.92 Å². The van der Waals surface area contributed by atoms with Gasteiger partial charge in [0.2, 0.25) is 5.65 Å². The van der Waals surface area contributed by atoms with E-state index in [0.717, 1.165) is 48.9 Å². The molecule has 2 aliphatic heterocycles. The van der Waals surface area contributed by atoms with Crippen LogP contribution in [0.1, 0.15) is 38.5 Å². The Labute approximate surface area is 195 Å². The highest BCUT2D eigenvalue weighted by Crippen LogP contribution is 2.36. The summed E-state index contributed by atoms with van der Waals surface area (Å²) < 4.78 is 1.94. The molecule has 0 amide bonds. The number of rotatable bonds is 3. The molecule has 3 unspecified atom stereocenters. The number of hydrogen-bond donors (Lipinski definition) is 1. The van der Waals surface area contributed by atoms with Gasteiger partial charge in [-0.3, -0.25) is 9.39 Å². The van der Waals surface area contributed by atoms with E-state index in [-0.39, 0.29) is 24.0 Å². The van der Waals surface area contributed by atoms with Gasteiger partial charge in [0.1, 0.15) is 6.33 Å². The SMILES string of the molecule is CN=C(NCC1CCCN(c2nccn3cnnc23)C1)N1CC2CCCCC2C1.I. The van der Waals surface area contributed by atoms with E-state index in [4.69, 9.17) is 0 Å². The molecule has 3 aliphatic rings. The molecule has 3 atom stereocenters. The minimum Gasteiger partial charge on any atom is -0.356 e. The molecule has 2 aromatic heterocycles. The summed E-state index contributed by atoms with van der Waals surface area (Å²) in [4.78, 5) is 14.1. The summed E-state index contributed by atoms with van der Waals surface area (Å²) >= 11 is 0. The quantitative estimate of drug-likeness (QED) is 0.378. The summed E-state index contributed by atoms with van der Waals surface area (Å²) in [6.45, 7) is 5.35. The van der Waals surface area contributed by atoms with Crippen LogP contribution in [0.15, 0.2) is 23.7 Å². The zero-order valence-electron chi connectivity index (χ0n) is 17.8. The third-order valence-electron chi connectivity index (χ3n) is 7.05. The van der Waals surface area contributed by atoms with Crippen molar-refractivity contribution in [2.75, 3.05) is 44.7 Å². The van der Waals surface area contributed by atoms with Gasteiger partial charge in [0, 0.05) is 52.2 Å². The molecule has 5 rings (SSSR count). The Morgan fingerprint density at radius 1 is 1.13 bits per heavy atom. The highest BCUT2D eigenvalue weighted by Gasteiger charge is 2.35. The number of nitrogens with one attached hydrogen (secondary N) is 1. The summed E-state index contributed by atoms with van der Waals surface area (Å²) in [5.41, 5.74) is 0.844. The fourth-order valence-corrected chi connectivity index (χ4v) is 5.54. The molecule has 2 saturated heterocycles. The lowest BCUT2D eigenvalue weighted by Gasteiger charge is -2.34. The molecule has 3 fully saturated rings. The van der Waals surface area contributed by atoms with Gasteiger partial charge in [-0.2, -0.15) is 0 Å². The van der Waals surface area contributed by atoms with Gasteiger partial charge in [-0.15, -0.1) is 34.2 Å². The van der Waals surface area contributed by atoms with Gasteiger partial charge >= 0.3 is 0 Å². The summed E-state index contributed by atoms with van der Waals surface area (Å²) in [5, 5.41) is 12.0. The molecule has 164 valence electrons. The third kappa shape index (κ3) is 4.36. The van der Waals surface area contributed by atoms with Gasteiger partial charge in [0.05, 0.1) is 0 Å². The normalized spacial score (nSPS) is 27.1. The Kier molecular flexibility index (Phi) is 6.94. The summed E-state index contributed by atoms with van der Waals surface area (Å²) in [7, 11) is 1.92. The van der Waals surface area contributed by atoms with Crippen LogP contribution in [0.25, 0.3) is 5.65 Å². The highest BCUT2D eigenvalue weighted by atomic mass is 127. The number of halogens is 1. The number of hydrogen-bond acceptors (Lipinski definition) is 5. The molecule has 0 radical (unpaired) electrons. The van der Waals surface area contributed by atoms with Crippen molar-refractivity contribution >= 4 is 41.4 Å². The molecule has 30 heavy (non-hydrogen) atoms. The molecular weight excluding hydrogens is 491 g/mol. The molecule has 1 aliphatic carbocycles. The number of piperidine rings is 1. The van der Waals surface area contributed by atoms with Gasteiger partial charge in [-0.05, 0) is 43.4 Å². The second-order valence-electron chi connectivity index (χ2n) is 8.90. The van der Waals surface area contributed by atoms with E-state index in [9.17, 15) is 0 Å². The van der Waals surface area contributed by atoms with Crippen molar-refractivity contribution in [2.24, 2.45) is 22.7 Å². The first-order chi connectivity index (χ1) is 14.3. The lowest BCUT2D eigenvalue weighted by Crippen LogP contribution is -2.46. The van der Waals surface area contributed by atoms with Gasteiger partial charge in [0.25, 0.3) is 0 Å². The number of aromatic nitrogens is 4. The van der Waals surface area contributed by atoms with Gasteiger partial charge in [-0.25, -0.2) is 4.98 Å². The van der Waals surface area contributed by atoms with Crippen LogP contribution in [-0.4, -0.2) is 70.2 Å². The number of aliphatic imine (C=N–C) groups is 1. The van der Waals surface area contributed by atoms with E-state index >= 15 is 0 Å². The van der Waals surface area contributed by atoms with Gasteiger partial charge in [0.15, 0.2) is 11.8 Å². The zero-order valence-corrected chi connectivity index (χ0v) is 20.1. The van der Waals surface area contributed by atoms with Crippen LogP contribution in [0, 0.1) is 17.8 Å². The van der Waals surface area contributed by atoms with Gasteiger partial charge in [-0.1, -0.05) is 12.8 Å². The first-order valence-corrected chi connectivity index (χ1v) is 11.2. The van der Waals surface area contributed by atoms with E-state index in [1.165, 1.54) is 51.6 Å².